The predicted octanol–water partition coefficient (Wildman–Crippen LogP) is 3.59. The summed E-state index contributed by atoms with van der Waals surface area (Å²) in [5, 5.41) is 4.20. The van der Waals surface area contributed by atoms with Gasteiger partial charge in [0.25, 0.3) is 5.91 Å². The van der Waals surface area contributed by atoms with Crippen LogP contribution in [-0.4, -0.2) is 56.5 Å². The van der Waals surface area contributed by atoms with E-state index in [9.17, 15) is 4.79 Å². The van der Waals surface area contributed by atoms with Gasteiger partial charge in [-0.25, -0.2) is 9.82 Å². The highest BCUT2D eigenvalue weighted by Gasteiger charge is 2.37. The van der Waals surface area contributed by atoms with Gasteiger partial charge in [0.2, 0.25) is 0 Å². The van der Waals surface area contributed by atoms with Gasteiger partial charge in [-0.05, 0) is 74.2 Å². The fourth-order valence-electron chi connectivity index (χ4n) is 5.29. The zero-order chi connectivity index (χ0) is 23.3. The van der Waals surface area contributed by atoms with Crippen LogP contribution in [0.25, 0.3) is 11.1 Å². The molecule has 174 valence electrons. The monoisotopic (exact) mass is 452 g/mol. The van der Waals surface area contributed by atoms with E-state index >= 15 is 4.39 Å². The Morgan fingerprint density at radius 3 is 2.76 bits per heavy atom. The number of nitrogens with one attached hydrogen (secondary N) is 1. The van der Waals surface area contributed by atoms with E-state index in [2.05, 4.69) is 35.5 Å². The molecule has 2 aromatic carbocycles. The van der Waals surface area contributed by atoms with Crippen molar-refractivity contribution in [2.75, 3.05) is 38.8 Å². The lowest BCUT2D eigenvalue weighted by molar-refractivity contribution is -0.122. The van der Waals surface area contributed by atoms with Crippen molar-refractivity contribution in [2.45, 2.75) is 32.2 Å². The van der Waals surface area contributed by atoms with Crippen LogP contribution >= 0.6 is 0 Å². The van der Waals surface area contributed by atoms with Gasteiger partial charge in [-0.1, -0.05) is 6.92 Å². The van der Waals surface area contributed by atoms with Crippen molar-refractivity contribution in [3.8, 4) is 22.6 Å². The molecule has 3 aliphatic rings. The summed E-state index contributed by atoms with van der Waals surface area (Å²) in [4.78, 5) is 16.6. The van der Waals surface area contributed by atoms with Crippen LogP contribution in [0.3, 0.4) is 0 Å². The van der Waals surface area contributed by atoms with Gasteiger partial charge in [-0.3, -0.25) is 4.79 Å². The molecule has 3 aliphatic heterocycles. The number of amides is 1. The number of halogens is 1. The molecule has 8 heteroatoms. The lowest BCUT2D eigenvalue weighted by atomic mass is 9.78. The minimum Gasteiger partial charge on any atom is -0.497 e. The standard InChI is InChI=1S/C25H29FN4O3/c1-14-12-29(3)8-7-17(14)19-10-22-23(33-13-24-27-28-25(31)15(2)30(22)24)11-20(19)18-6-5-16(32-4)9-21(18)26/h5-6,9-11,14-15,17H,7-8,12-13H2,1-4H3,(H,28,31)/t14-,15+,17+/m0/s1. The number of methoxy groups -OCH3 is 1. The lowest BCUT2D eigenvalue weighted by Crippen LogP contribution is -2.55. The molecule has 0 spiro atoms. The zero-order valence-corrected chi connectivity index (χ0v) is 19.4. The largest absolute Gasteiger partial charge is 0.497 e. The second kappa shape index (κ2) is 8.33. The van der Waals surface area contributed by atoms with E-state index in [1.165, 1.54) is 13.2 Å². The molecule has 3 atom stereocenters. The van der Waals surface area contributed by atoms with Crippen LogP contribution in [0.5, 0.6) is 11.5 Å². The molecule has 1 fully saturated rings. The van der Waals surface area contributed by atoms with Gasteiger partial charge in [-0.15, -0.1) is 0 Å². The van der Waals surface area contributed by atoms with Crippen molar-refractivity contribution in [3.63, 3.8) is 0 Å². The summed E-state index contributed by atoms with van der Waals surface area (Å²) in [5.74, 6) is 1.92. The number of nitrogens with zero attached hydrogens (tertiary/aromatic N) is 3. The number of rotatable bonds is 3. The Hall–Kier alpha value is -3.13. The Morgan fingerprint density at radius 1 is 1.21 bits per heavy atom. The number of benzene rings is 2. The van der Waals surface area contributed by atoms with Crippen LogP contribution < -0.4 is 19.8 Å². The maximum Gasteiger partial charge on any atom is 0.262 e. The number of amidine groups is 1. The van der Waals surface area contributed by atoms with E-state index in [1.807, 2.05) is 17.9 Å². The summed E-state index contributed by atoms with van der Waals surface area (Å²) in [5.41, 5.74) is 5.79. The number of carbonyl (C=O) groups excluding carboxylic acids is 1. The first-order valence-electron chi connectivity index (χ1n) is 11.4. The van der Waals surface area contributed by atoms with Crippen LogP contribution in [0.1, 0.15) is 31.7 Å². The average molecular weight is 453 g/mol. The number of hydrazone groups is 1. The van der Waals surface area contributed by atoms with Crippen molar-refractivity contribution >= 4 is 17.4 Å². The average Bonchev–Trinajstić information content (AvgIpc) is 2.80. The molecule has 1 N–H and O–H groups in total. The second-order valence-corrected chi connectivity index (χ2v) is 9.23. The zero-order valence-electron chi connectivity index (χ0n) is 19.4. The number of ether oxygens (including phenoxy) is 2. The smallest absolute Gasteiger partial charge is 0.262 e. The number of fused-ring (bicyclic) bond motifs is 3. The quantitative estimate of drug-likeness (QED) is 0.771. The molecule has 3 heterocycles. The summed E-state index contributed by atoms with van der Waals surface area (Å²) in [7, 11) is 3.66. The van der Waals surface area contributed by atoms with Crippen LogP contribution in [0, 0.1) is 11.7 Å². The van der Waals surface area contributed by atoms with Gasteiger partial charge in [0, 0.05) is 18.2 Å². The SMILES string of the molecule is COc1ccc(-c2cc3c(cc2[C@@H]2CCN(C)C[C@@H]2C)N2C(=NNC(=O)[C@H]2C)CO3)c(F)c1. The minimum atomic E-state index is -0.411. The highest BCUT2D eigenvalue weighted by molar-refractivity contribution is 6.09. The molecule has 5 rings (SSSR count). The second-order valence-electron chi connectivity index (χ2n) is 9.23. The highest BCUT2D eigenvalue weighted by Crippen LogP contribution is 2.46. The molecular weight excluding hydrogens is 423 g/mol. The molecule has 7 nitrogen and oxygen atoms in total. The van der Waals surface area contributed by atoms with Gasteiger partial charge in [0.1, 0.15) is 30.0 Å². The Kier molecular flexibility index (Phi) is 5.48. The number of carbonyl (C=O) groups is 1. The van der Waals surface area contributed by atoms with Crippen molar-refractivity contribution in [3.05, 3.63) is 41.7 Å². The third-order valence-corrected chi connectivity index (χ3v) is 7.06. The first-order chi connectivity index (χ1) is 15.9. The molecule has 0 aliphatic carbocycles. The van der Waals surface area contributed by atoms with Crippen LogP contribution in [0.15, 0.2) is 35.4 Å². The summed E-state index contributed by atoms with van der Waals surface area (Å²) < 4.78 is 26.5. The maximum atomic E-state index is 15.2. The Bertz CT molecular complexity index is 1130. The lowest BCUT2D eigenvalue weighted by Gasteiger charge is -2.40. The Morgan fingerprint density at radius 2 is 2.03 bits per heavy atom. The molecular formula is C25H29FN4O3. The van der Waals surface area contributed by atoms with E-state index in [-0.39, 0.29) is 24.2 Å². The molecule has 0 aromatic heterocycles. The first-order valence-corrected chi connectivity index (χ1v) is 11.4. The van der Waals surface area contributed by atoms with Gasteiger partial charge >= 0.3 is 0 Å². The van der Waals surface area contributed by atoms with E-state index in [0.717, 1.165) is 36.3 Å². The van der Waals surface area contributed by atoms with E-state index < -0.39 is 6.04 Å². The number of hydrogen-bond acceptors (Lipinski definition) is 6. The summed E-state index contributed by atoms with van der Waals surface area (Å²) in [6, 6.07) is 8.57. The molecule has 0 radical (unpaired) electrons. The fraction of sp³-hybridized carbons (Fsp3) is 0.440. The van der Waals surface area contributed by atoms with Gasteiger partial charge in [0.15, 0.2) is 5.84 Å². The number of anilines is 1. The Labute approximate surface area is 193 Å². The minimum absolute atomic E-state index is 0.161. The van der Waals surface area contributed by atoms with Crippen LogP contribution in [0.4, 0.5) is 10.1 Å². The summed E-state index contributed by atoms with van der Waals surface area (Å²) >= 11 is 0. The third-order valence-electron chi connectivity index (χ3n) is 7.06. The fourth-order valence-corrected chi connectivity index (χ4v) is 5.29. The topological polar surface area (TPSA) is 66.4 Å². The van der Waals surface area contributed by atoms with E-state index in [0.29, 0.717) is 28.8 Å². The van der Waals surface area contributed by atoms with Crippen molar-refractivity contribution in [2.24, 2.45) is 11.0 Å². The van der Waals surface area contributed by atoms with Gasteiger partial charge in [0.05, 0.1) is 12.8 Å². The number of likely N-dealkylation sites (tertiary alicyclic amines) is 1. The normalized spacial score (nSPS) is 24.9. The molecule has 0 saturated carbocycles. The van der Waals surface area contributed by atoms with E-state index in [1.54, 1.807) is 12.1 Å². The first kappa shape index (κ1) is 21.7. The Balaban J connectivity index is 1.69. The maximum absolute atomic E-state index is 15.2. The van der Waals surface area contributed by atoms with E-state index in [4.69, 9.17) is 9.47 Å². The van der Waals surface area contributed by atoms with Crippen LogP contribution in [-0.2, 0) is 4.79 Å². The molecule has 1 saturated heterocycles. The van der Waals surface area contributed by atoms with Gasteiger partial charge < -0.3 is 19.3 Å². The third kappa shape index (κ3) is 3.72. The van der Waals surface area contributed by atoms with Gasteiger partial charge in [-0.2, -0.15) is 5.10 Å². The number of piperidine rings is 1. The highest BCUT2D eigenvalue weighted by atomic mass is 19.1. The molecule has 0 bridgehead atoms. The molecule has 1 amide bonds. The number of hydrogen-bond donors (Lipinski definition) is 1. The molecule has 2 aromatic rings. The molecule has 0 unspecified atom stereocenters. The van der Waals surface area contributed by atoms with Crippen molar-refractivity contribution in [1.29, 1.82) is 0 Å². The molecule has 33 heavy (non-hydrogen) atoms. The predicted molar refractivity (Wildman–Crippen MR) is 125 cm³/mol. The van der Waals surface area contributed by atoms with Crippen molar-refractivity contribution < 1.29 is 18.7 Å². The summed E-state index contributed by atoms with van der Waals surface area (Å²) in [6.07, 6.45) is 0.971. The van der Waals surface area contributed by atoms with Crippen LogP contribution in [0.2, 0.25) is 0 Å². The summed E-state index contributed by atoms with van der Waals surface area (Å²) in [6.45, 7) is 6.29. The van der Waals surface area contributed by atoms with Crippen molar-refractivity contribution in [1.82, 2.24) is 10.3 Å².